The summed E-state index contributed by atoms with van der Waals surface area (Å²) in [5.41, 5.74) is 2.86. The minimum Gasteiger partial charge on any atom is -0.497 e. The van der Waals surface area contributed by atoms with Gasteiger partial charge in [0.15, 0.2) is 0 Å². The molecule has 3 aromatic rings. The third-order valence-electron chi connectivity index (χ3n) is 4.71. The average molecular weight is 393 g/mol. The van der Waals surface area contributed by atoms with Crippen molar-refractivity contribution in [2.24, 2.45) is 0 Å². The number of nitrogens with one attached hydrogen (secondary N) is 1. The summed E-state index contributed by atoms with van der Waals surface area (Å²) in [4.78, 5) is 19.8. The number of nitrogens with zero attached hydrogens (tertiary/aromatic N) is 2. The second kappa shape index (κ2) is 9.39. The van der Waals surface area contributed by atoms with Crippen LogP contribution in [0.1, 0.15) is 16.8 Å². The fourth-order valence-electron chi connectivity index (χ4n) is 3.20. The van der Waals surface area contributed by atoms with Gasteiger partial charge in [0.25, 0.3) is 5.91 Å². The highest BCUT2D eigenvalue weighted by molar-refractivity contribution is 6.07. The zero-order chi connectivity index (χ0) is 20.8. The topological polar surface area (TPSA) is 63.7 Å². The van der Waals surface area contributed by atoms with Gasteiger partial charge in [0.2, 0.25) is 0 Å². The molecule has 1 N–H and O–H groups in total. The number of ether oxygens (including phenoxy) is 2. The molecule has 0 unspecified atom stereocenters. The first-order valence-electron chi connectivity index (χ1n) is 9.58. The number of carbonyl (C=O) groups is 1. The molecule has 29 heavy (non-hydrogen) atoms. The molecule has 3 rings (SSSR count). The Bertz CT molecular complexity index is 1000. The number of aromatic nitrogens is 1. The van der Waals surface area contributed by atoms with Crippen LogP contribution >= 0.6 is 0 Å². The van der Waals surface area contributed by atoms with Crippen LogP contribution in [0.15, 0.2) is 48.5 Å². The van der Waals surface area contributed by atoms with E-state index in [1.807, 2.05) is 62.6 Å². The van der Waals surface area contributed by atoms with Gasteiger partial charge >= 0.3 is 0 Å². The first-order chi connectivity index (χ1) is 14.0. The quantitative estimate of drug-likeness (QED) is 0.593. The van der Waals surface area contributed by atoms with Crippen LogP contribution in [-0.2, 0) is 0 Å². The maximum Gasteiger partial charge on any atom is 0.252 e. The second-order valence-corrected chi connectivity index (χ2v) is 7.05. The highest BCUT2D eigenvalue weighted by atomic mass is 16.5. The average Bonchev–Trinajstić information content (AvgIpc) is 2.75. The standard InChI is InChI=1S/C23H27N3O3/c1-26(2)13-7-12-24-23(27)19-15-21(25-20-9-6-5-8-17(19)20)18-11-10-16(28-3)14-22(18)29-4/h5-6,8-11,14-15H,7,12-13H2,1-4H3,(H,24,27). The van der Waals surface area contributed by atoms with E-state index in [0.29, 0.717) is 29.3 Å². The summed E-state index contributed by atoms with van der Waals surface area (Å²) in [6.07, 6.45) is 0.890. The van der Waals surface area contributed by atoms with Crippen molar-refractivity contribution in [1.29, 1.82) is 0 Å². The number of pyridine rings is 1. The van der Waals surface area contributed by atoms with E-state index in [1.165, 1.54) is 0 Å². The number of hydrogen-bond acceptors (Lipinski definition) is 5. The molecule has 0 atom stereocenters. The molecule has 0 spiro atoms. The van der Waals surface area contributed by atoms with Gasteiger partial charge in [-0.2, -0.15) is 0 Å². The smallest absolute Gasteiger partial charge is 0.252 e. The van der Waals surface area contributed by atoms with E-state index in [-0.39, 0.29) is 5.91 Å². The summed E-state index contributed by atoms with van der Waals surface area (Å²) in [7, 11) is 7.26. The Balaban J connectivity index is 1.99. The van der Waals surface area contributed by atoms with Crippen molar-refractivity contribution in [1.82, 2.24) is 15.2 Å². The molecule has 152 valence electrons. The van der Waals surface area contributed by atoms with Crippen LogP contribution in [0, 0.1) is 0 Å². The Morgan fingerprint density at radius 1 is 1.07 bits per heavy atom. The Hall–Kier alpha value is -3.12. The van der Waals surface area contributed by atoms with Crippen molar-refractivity contribution in [3.05, 3.63) is 54.1 Å². The fourth-order valence-corrected chi connectivity index (χ4v) is 3.20. The SMILES string of the molecule is COc1ccc(-c2cc(C(=O)NCCCN(C)C)c3ccccc3n2)c(OC)c1. The molecule has 6 nitrogen and oxygen atoms in total. The normalized spacial score (nSPS) is 10.9. The molecule has 1 heterocycles. The van der Waals surface area contributed by atoms with Gasteiger partial charge in [-0.25, -0.2) is 4.98 Å². The monoisotopic (exact) mass is 393 g/mol. The Labute approximate surface area is 171 Å². The minimum absolute atomic E-state index is 0.101. The molecule has 6 heteroatoms. The minimum atomic E-state index is -0.101. The molecule has 1 amide bonds. The molecule has 0 saturated carbocycles. The van der Waals surface area contributed by atoms with Gasteiger partial charge in [-0.3, -0.25) is 4.79 Å². The van der Waals surface area contributed by atoms with Crippen LogP contribution in [-0.4, -0.2) is 57.2 Å². The second-order valence-electron chi connectivity index (χ2n) is 7.05. The van der Waals surface area contributed by atoms with Gasteiger partial charge in [0.05, 0.1) is 31.0 Å². The first-order valence-corrected chi connectivity index (χ1v) is 9.58. The maximum atomic E-state index is 12.9. The van der Waals surface area contributed by atoms with Crippen LogP contribution in [0.5, 0.6) is 11.5 Å². The lowest BCUT2D eigenvalue weighted by Gasteiger charge is -2.14. The van der Waals surface area contributed by atoms with E-state index in [0.717, 1.165) is 29.4 Å². The van der Waals surface area contributed by atoms with E-state index < -0.39 is 0 Å². The zero-order valence-electron chi connectivity index (χ0n) is 17.4. The van der Waals surface area contributed by atoms with Crippen LogP contribution < -0.4 is 14.8 Å². The Morgan fingerprint density at radius 3 is 2.59 bits per heavy atom. The largest absolute Gasteiger partial charge is 0.497 e. The lowest BCUT2D eigenvalue weighted by atomic mass is 10.0. The maximum absolute atomic E-state index is 12.9. The molecular weight excluding hydrogens is 366 g/mol. The molecule has 2 aromatic carbocycles. The molecule has 0 aliphatic heterocycles. The predicted molar refractivity (Wildman–Crippen MR) is 116 cm³/mol. The van der Waals surface area contributed by atoms with Crippen molar-refractivity contribution in [3.8, 4) is 22.8 Å². The van der Waals surface area contributed by atoms with Gasteiger partial charge in [-0.05, 0) is 51.3 Å². The molecule has 0 fully saturated rings. The van der Waals surface area contributed by atoms with Gasteiger partial charge in [0, 0.05) is 23.6 Å². The number of benzene rings is 2. The molecule has 0 aliphatic carbocycles. The zero-order valence-corrected chi connectivity index (χ0v) is 17.4. The summed E-state index contributed by atoms with van der Waals surface area (Å²) in [5, 5.41) is 3.85. The highest BCUT2D eigenvalue weighted by Gasteiger charge is 2.16. The van der Waals surface area contributed by atoms with Crippen molar-refractivity contribution in [3.63, 3.8) is 0 Å². The lowest BCUT2D eigenvalue weighted by Crippen LogP contribution is -2.27. The molecule has 0 aliphatic rings. The summed E-state index contributed by atoms with van der Waals surface area (Å²) in [5.74, 6) is 1.24. The van der Waals surface area contributed by atoms with E-state index in [9.17, 15) is 4.79 Å². The number of amides is 1. The van der Waals surface area contributed by atoms with Crippen molar-refractivity contribution >= 4 is 16.8 Å². The fraction of sp³-hybridized carbons (Fsp3) is 0.304. The van der Waals surface area contributed by atoms with Crippen molar-refractivity contribution in [2.75, 3.05) is 41.4 Å². The highest BCUT2D eigenvalue weighted by Crippen LogP contribution is 2.34. The number of para-hydroxylation sites is 1. The molecule has 0 radical (unpaired) electrons. The first kappa shape index (κ1) is 20.6. The van der Waals surface area contributed by atoms with Gasteiger partial charge in [0.1, 0.15) is 11.5 Å². The van der Waals surface area contributed by atoms with Crippen LogP contribution in [0.3, 0.4) is 0 Å². The number of methoxy groups -OCH3 is 2. The number of rotatable bonds is 8. The van der Waals surface area contributed by atoms with E-state index in [4.69, 9.17) is 14.5 Å². The number of carbonyl (C=O) groups excluding carboxylic acids is 1. The predicted octanol–water partition coefficient (Wildman–Crippen LogP) is 3.60. The summed E-state index contributed by atoms with van der Waals surface area (Å²) < 4.78 is 10.8. The Morgan fingerprint density at radius 2 is 1.86 bits per heavy atom. The summed E-state index contributed by atoms with van der Waals surface area (Å²) >= 11 is 0. The van der Waals surface area contributed by atoms with E-state index in [2.05, 4.69) is 10.2 Å². The number of hydrogen-bond donors (Lipinski definition) is 1. The third kappa shape index (κ3) is 4.84. The molecule has 1 aromatic heterocycles. The van der Waals surface area contributed by atoms with Crippen LogP contribution in [0.25, 0.3) is 22.2 Å². The number of fused-ring (bicyclic) bond motifs is 1. The van der Waals surface area contributed by atoms with Crippen LogP contribution in [0.4, 0.5) is 0 Å². The van der Waals surface area contributed by atoms with Crippen molar-refractivity contribution < 1.29 is 14.3 Å². The van der Waals surface area contributed by atoms with Gasteiger partial charge < -0.3 is 19.7 Å². The third-order valence-corrected chi connectivity index (χ3v) is 4.71. The summed E-state index contributed by atoms with van der Waals surface area (Å²) in [6, 6.07) is 15.1. The van der Waals surface area contributed by atoms with Gasteiger partial charge in [-0.15, -0.1) is 0 Å². The van der Waals surface area contributed by atoms with E-state index in [1.54, 1.807) is 14.2 Å². The van der Waals surface area contributed by atoms with Crippen molar-refractivity contribution in [2.45, 2.75) is 6.42 Å². The lowest BCUT2D eigenvalue weighted by molar-refractivity contribution is 0.0954. The molecule has 0 saturated heterocycles. The molecular formula is C23H27N3O3. The van der Waals surface area contributed by atoms with Crippen LogP contribution in [0.2, 0.25) is 0 Å². The molecule has 0 bridgehead atoms. The van der Waals surface area contributed by atoms with E-state index >= 15 is 0 Å². The summed E-state index contributed by atoms with van der Waals surface area (Å²) in [6.45, 7) is 1.54. The Kier molecular flexibility index (Phi) is 6.67. The van der Waals surface area contributed by atoms with Gasteiger partial charge in [-0.1, -0.05) is 18.2 Å².